The van der Waals surface area contributed by atoms with E-state index in [9.17, 15) is 14.4 Å². The predicted octanol–water partition coefficient (Wildman–Crippen LogP) is 1.25. The van der Waals surface area contributed by atoms with Gasteiger partial charge in [-0.1, -0.05) is 23.9 Å². The number of ether oxygens (including phenoxy) is 1. The lowest BCUT2D eigenvalue weighted by molar-refractivity contribution is -0.149. The molecule has 0 radical (unpaired) electrons. The van der Waals surface area contributed by atoms with Crippen LogP contribution >= 0.6 is 23.5 Å². The van der Waals surface area contributed by atoms with E-state index in [0.29, 0.717) is 16.9 Å². The molecule has 24 heavy (non-hydrogen) atoms. The molecule has 0 N–H and O–H groups in total. The Morgan fingerprint density at radius 3 is 2.42 bits per heavy atom. The number of amidine groups is 2. The first kappa shape index (κ1) is 18.5. The maximum Gasteiger partial charge on any atom is 0.304 e. The van der Waals surface area contributed by atoms with Crippen molar-refractivity contribution in [3.8, 4) is 0 Å². The zero-order valence-corrected chi connectivity index (χ0v) is 15.4. The Kier molecular flexibility index (Phi) is 5.70. The quantitative estimate of drug-likeness (QED) is 0.420. The molecule has 0 saturated carbocycles. The molecule has 2 aliphatic heterocycles. The third-order valence-corrected chi connectivity index (χ3v) is 5.23. The Bertz CT molecular complexity index is 661. The number of carbonyl (C=O) groups is 3. The minimum atomic E-state index is -0.949. The molecule has 2 rings (SSSR count). The first-order valence-electron chi connectivity index (χ1n) is 7.10. The summed E-state index contributed by atoms with van der Waals surface area (Å²) in [5, 5.41) is 8.70. The van der Waals surface area contributed by atoms with Crippen LogP contribution in [-0.4, -0.2) is 62.2 Å². The molecule has 2 atom stereocenters. The number of carbonyl (C=O) groups excluding carboxylic acids is 3. The smallest absolute Gasteiger partial charge is 0.304 e. The van der Waals surface area contributed by atoms with Crippen molar-refractivity contribution < 1.29 is 19.1 Å². The van der Waals surface area contributed by atoms with Crippen molar-refractivity contribution >= 4 is 51.6 Å². The number of nitrogens with zero attached hydrogens (tertiary/aromatic N) is 4. The zero-order chi connectivity index (χ0) is 18.0. The van der Waals surface area contributed by atoms with Gasteiger partial charge in [-0.3, -0.25) is 24.2 Å². The second-order valence-corrected chi connectivity index (χ2v) is 7.70. The van der Waals surface area contributed by atoms with Crippen molar-refractivity contribution in [3.05, 3.63) is 12.2 Å². The Balaban J connectivity index is 2.19. The standard InChI is InChI=1S/C14H18N4O4S2/c1-7(2)6-18-10(20)8(3)23-14(18)16-15-13-17(5)11(21)12(24-13)22-9(4)19/h8,12H,1,6H2,2-5H3. The molecule has 2 unspecified atom stereocenters. The molecule has 8 nitrogen and oxygen atoms in total. The third kappa shape index (κ3) is 3.99. The minimum absolute atomic E-state index is 0.0526. The molecule has 0 spiro atoms. The van der Waals surface area contributed by atoms with E-state index in [-0.39, 0.29) is 17.1 Å². The molecule has 0 aliphatic carbocycles. The van der Waals surface area contributed by atoms with E-state index >= 15 is 0 Å². The van der Waals surface area contributed by atoms with Crippen LogP contribution in [0.1, 0.15) is 20.8 Å². The van der Waals surface area contributed by atoms with E-state index in [4.69, 9.17) is 4.74 Å². The third-order valence-electron chi connectivity index (χ3n) is 3.08. The first-order chi connectivity index (χ1) is 11.2. The van der Waals surface area contributed by atoms with E-state index < -0.39 is 11.4 Å². The summed E-state index contributed by atoms with van der Waals surface area (Å²) < 4.78 is 4.93. The molecule has 130 valence electrons. The molecule has 0 aromatic carbocycles. The molecular formula is C14H18N4O4S2. The zero-order valence-electron chi connectivity index (χ0n) is 13.8. The van der Waals surface area contributed by atoms with Gasteiger partial charge in [-0.2, -0.15) is 0 Å². The Morgan fingerprint density at radius 2 is 1.83 bits per heavy atom. The van der Waals surface area contributed by atoms with Crippen molar-refractivity contribution in [2.75, 3.05) is 13.6 Å². The number of esters is 1. The summed E-state index contributed by atoms with van der Waals surface area (Å²) in [5.74, 6) is -0.972. The SMILES string of the molecule is C=C(C)CN1C(=O)C(C)SC1=NN=C1SC(OC(C)=O)C(=O)N1C. The van der Waals surface area contributed by atoms with Crippen LogP contribution in [0.15, 0.2) is 22.4 Å². The average Bonchev–Trinajstić information content (AvgIpc) is 2.89. The maximum absolute atomic E-state index is 12.1. The number of hydrogen-bond acceptors (Lipinski definition) is 8. The molecule has 2 aliphatic rings. The molecule has 2 heterocycles. The van der Waals surface area contributed by atoms with Gasteiger partial charge in [-0.15, -0.1) is 10.2 Å². The largest absolute Gasteiger partial charge is 0.441 e. The molecule has 10 heteroatoms. The average molecular weight is 370 g/mol. The lowest BCUT2D eigenvalue weighted by Crippen LogP contribution is -2.32. The van der Waals surface area contributed by atoms with Gasteiger partial charge >= 0.3 is 5.97 Å². The maximum atomic E-state index is 12.1. The van der Waals surface area contributed by atoms with Gasteiger partial charge in [-0.25, -0.2) is 0 Å². The van der Waals surface area contributed by atoms with Crippen molar-refractivity contribution in [1.82, 2.24) is 9.80 Å². The Hall–Kier alpha value is -1.81. The fourth-order valence-electron chi connectivity index (χ4n) is 1.96. The highest BCUT2D eigenvalue weighted by Crippen LogP contribution is 2.30. The molecule has 0 aromatic rings. The van der Waals surface area contributed by atoms with Gasteiger partial charge in [0.1, 0.15) is 0 Å². The van der Waals surface area contributed by atoms with Gasteiger partial charge in [0.15, 0.2) is 10.3 Å². The van der Waals surface area contributed by atoms with Crippen LogP contribution < -0.4 is 0 Å². The molecule has 0 aromatic heterocycles. The topological polar surface area (TPSA) is 91.6 Å². The summed E-state index contributed by atoms with van der Waals surface area (Å²) in [6.07, 6.45) is 0. The van der Waals surface area contributed by atoms with E-state index in [1.807, 2.05) is 6.92 Å². The van der Waals surface area contributed by atoms with Gasteiger partial charge in [0.05, 0.1) is 5.25 Å². The van der Waals surface area contributed by atoms with Gasteiger partial charge < -0.3 is 4.74 Å². The van der Waals surface area contributed by atoms with E-state index in [1.54, 1.807) is 6.92 Å². The Morgan fingerprint density at radius 1 is 1.21 bits per heavy atom. The van der Waals surface area contributed by atoms with Crippen molar-refractivity contribution in [2.24, 2.45) is 10.2 Å². The molecule has 2 amide bonds. The summed E-state index contributed by atoms with van der Waals surface area (Å²) >= 11 is 2.30. The molecule has 2 fully saturated rings. The highest BCUT2D eigenvalue weighted by atomic mass is 32.2. The summed E-state index contributed by atoms with van der Waals surface area (Å²) in [6.45, 7) is 9.04. The molecule has 2 saturated heterocycles. The van der Waals surface area contributed by atoms with Gasteiger partial charge in [0.2, 0.25) is 11.3 Å². The number of likely N-dealkylation sites (N-methyl/N-ethyl adjacent to an activating group) is 1. The second-order valence-electron chi connectivity index (χ2n) is 5.36. The summed E-state index contributed by atoms with van der Waals surface area (Å²) in [5.41, 5.74) is -0.120. The summed E-state index contributed by atoms with van der Waals surface area (Å²) in [6, 6.07) is 0. The number of amides is 2. The predicted molar refractivity (Wildman–Crippen MR) is 94.4 cm³/mol. The number of hydrogen-bond donors (Lipinski definition) is 0. The van der Waals surface area contributed by atoms with Crippen molar-refractivity contribution in [3.63, 3.8) is 0 Å². The molecular weight excluding hydrogens is 352 g/mol. The highest BCUT2D eigenvalue weighted by Gasteiger charge is 2.39. The first-order valence-corrected chi connectivity index (χ1v) is 8.86. The van der Waals surface area contributed by atoms with E-state index in [0.717, 1.165) is 17.3 Å². The number of rotatable bonds is 4. The van der Waals surface area contributed by atoms with E-state index in [2.05, 4.69) is 16.8 Å². The summed E-state index contributed by atoms with van der Waals surface area (Å²) in [4.78, 5) is 37.9. The van der Waals surface area contributed by atoms with Crippen LogP contribution in [-0.2, 0) is 19.1 Å². The van der Waals surface area contributed by atoms with Crippen LogP contribution in [0.2, 0.25) is 0 Å². The van der Waals surface area contributed by atoms with Crippen LogP contribution in [0.4, 0.5) is 0 Å². The summed E-state index contributed by atoms with van der Waals surface area (Å²) in [7, 11) is 1.53. The fourth-order valence-corrected chi connectivity index (χ4v) is 3.84. The van der Waals surface area contributed by atoms with Gasteiger partial charge in [0.25, 0.3) is 5.91 Å². The lowest BCUT2D eigenvalue weighted by atomic mass is 10.3. The second kappa shape index (κ2) is 7.39. The monoisotopic (exact) mass is 370 g/mol. The van der Waals surface area contributed by atoms with Crippen molar-refractivity contribution in [1.29, 1.82) is 0 Å². The fraction of sp³-hybridized carbons (Fsp3) is 0.500. The van der Waals surface area contributed by atoms with Crippen LogP contribution in [0.3, 0.4) is 0 Å². The van der Waals surface area contributed by atoms with Crippen molar-refractivity contribution in [2.45, 2.75) is 31.5 Å². The van der Waals surface area contributed by atoms with Crippen LogP contribution in [0.25, 0.3) is 0 Å². The van der Waals surface area contributed by atoms with Gasteiger partial charge in [-0.05, 0) is 25.6 Å². The Labute approximate surface area is 148 Å². The highest BCUT2D eigenvalue weighted by molar-refractivity contribution is 8.16. The van der Waals surface area contributed by atoms with Crippen LogP contribution in [0.5, 0.6) is 0 Å². The lowest BCUT2D eigenvalue weighted by Gasteiger charge is -2.15. The van der Waals surface area contributed by atoms with E-state index in [1.165, 1.54) is 35.5 Å². The number of thioether (sulfide) groups is 2. The van der Waals surface area contributed by atoms with Gasteiger partial charge in [0, 0.05) is 20.5 Å². The van der Waals surface area contributed by atoms with Crippen LogP contribution in [0, 0.1) is 0 Å². The molecule has 0 bridgehead atoms. The minimum Gasteiger partial charge on any atom is -0.441 e. The normalized spacial score (nSPS) is 27.5.